The fraction of sp³-hybridized carbons (Fsp3) is 0.296. The van der Waals surface area contributed by atoms with Crippen LogP contribution in [0.2, 0.25) is 0 Å². The fourth-order valence-corrected chi connectivity index (χ4v) is 4.73. The van der Waals surface area contributed by atoms with Crippen molar-refractivity contribution in [3.63, 3.8) is 0 Å². The molecule has 0 fully saturated rings. The minimum Gasteiger partial charge on any atom is -0.493 e. The Labute approximate surface area is 199 Å². The molecule has 7 nitrogen and oxygen atoms in total. The number of allylic oxidation sites excluding steroid dienone is 2. The van der Waals surface area contributed by atoms with Crippen LogP contribution in [0.4, 0.5) is 0 Å². The summed E-state index contributed by atoms with van der Waals surface area (Å²) in [6, 6.07) is 14.2. The van der Waals surface area contributed by atoms with Crippen molar-refractivity contribution in [1.29, 1.82) is 0 Å². The van der Waals surface area contributed by atoms with Crippen LogP contribution in [0.25, 0.3) is 0 Å². The van der Waals surface area contributed by atoms with Crippen LogP contribution < -0.4 is 9.47 Å². The zero-order chi connectivity index (χ0) is 23.5. The lowest BCUT2D eigenvalue weighted by atomic mass is 9.76. The van der Waals surface area contributed by atoms with Crippen LogP contribution in [-0.4, -0.2) is 40.4 Å². The molecule has 1 aliphatic carbocycles. The first kappa shape index (κ1) is 21.9. The summed E-state index contributed by atoms with van der Waals surface area (Å²) in [7, 11) is 3.25. The molecule has 1 amide bonds. The Kier molecular flexibility index (Phi) is 6.16. The molecule has 3 aromatic rings. The average Bonchev–Trinajstić information content (AvgIpc) is 3.39. The minimum absolute atomic E-state index is 0.0596. The number of hydrogen-bond donors (Lipinski definition) is 0. The highest BCUT2D eigenvalue weighted by Crippen LogP contribution is 2.37. The zero-order valence-electron chi connectivity index (χ0n) is 19.4. The third kappa shape index (κ3) is 4.33. The summed E-state index contributed by atoms with van der Waals surface area (Å²) in [5, 5.41) is 6.52. The molecule has 0 unspecified atom stereocenters. The second-order valence-electron chi connectivity index (χ2n) is 8.66. The number of fused-ring (bicyclic) bond motifs is 1. The number of hydrogen-bond acceptors (Lipinski definition) is 5. The Hall–Kier alpha value is -3.87. The van der Waals surface area contributed by atoms with E-state index in [1.165, 1.54) is 5.56 Å². The van der Waals surface area contributed by atoms with Crippen molar-refractivity contribution in [1.82, 2.24) is 14.6 Å². The lowest BCUT2D eigenvalue weighted by Crippen LogP contribution is -2.45. The monoisotopic (exact) mass is 456 g/mol. The molecule has 2 aliphatic rings. The van der Waals surface area contributed by atoms with Gasteiger partial charge >= 0.3 is 0 Å². The molecule has 2 heterocycles. The van der Waals surface area contributed by atoms with Gasteiger partial charge < -0.3 is 14.0 Å². The first-order valence-electron chi connectivity index (χ1n) is 11.5. The molecule has 0 bridgehead atoms. The van der Waals surface area contributed by atoms with Gasteiger partial charge in [0.05, 0.1) is 38.7 Å². The number of carbonyl (C=O) groups is 1. The Bertz CT molecular complexity index is 1220. The second-order valence-corrected chi connectivity index (χ2v) is 8.66. The van der Waals surface area contributed by atoms with Crippen LogP contribution in [0.5, 0.6) is 11.5 Å². The van der Waals surface area contributed by atoms with Crippen LogP contribution in [0.15, 0.2) is 78.4 Å². The third-order valence-electron chi connectivity index (χ3n) is 6.54. The van der Waals surface area contributed by atoms with Crippen molar-refractivity contribution >= 4 is 11.6 Å². The molecule has 0 saturated carbocycles. The molecule has 2 aromatic carbocycles. The summed E-state index contributed by atoms with van der Waals surface area (Å²) in [5.41, 5.74) is 4.10. The van der Waals surface area contributed by atoms with Gasteiger partial charge in [0.2, 0.25) is 5.91 Å². The number of nitrogens with zero attached hydrogens (tertiary/aromatic N) is 4. The molecule has 0 spiro atoms. The first-order valence-corrected chi connectivity index (χ1v) is 11.5. The van der Waals surface area contributed by atoms with E-state index in [-0.39, 0.29) is 17.7 Å². The van der Waals surface area contributed by atoms with E-state index in [1.807, 2.05) is 29.0 Å². The topological polar surface area (TPSA) is 69.0 Å². The van der Waals surface area contributed by atoms with Gasteiger partial charge in [-0.2, -0.15) is 5.10 Å². The maximum absolute atomic E-state index is 13.4. The Balaban J connectivity index is 1.43. The number of hydrazone groups is 1. The predicted molar refractivity (Wildman–Crippen MR) is 130 cm³/mol. The van der Waals surface area contributed by atoms with Gasteiger partial charge in [0.25, 0.3) is 0 Å². The van der Waals surface area contributed by atoms with Crippen LogP contribution in [-0.2, 0) is 17.9 Å². The zero-order valence-corrected chi connectivity index (χ0v) is 19.4. The van der Waals surface area contributed by atoms with E-state index in [4.69, 9.17) is 14.6 Å². The van der Waals surface area contributed by atoms with Crippen molar-refractivity contribution < 1.29 is 14.3 Å². The molecule has 1 aliphatic heterocycles. The lowest BCUT2D eigenvalue weighted by Gasteiger charge is -2.37. The SMILES string of the molecule is COc1ccc(C2=NN(Cc3ccc(Cn4ccnc4)cc3)C(=O)[C@H]3CC=CC[C@@H]23)cc1OC. The van der Waals surface area contributed by atoms with E-state index in [2.05, 4.69) is 41.4 Å². The summed E-state index contributed by atoms with van der Waals surface area (Å²) in [5.74, 6) is 1.37. The van der Waals surface area contributed by atoms with Crippen molar-refractivity contribution in [2.75, 3.05) is 14.2 Å². The van der Waals surface area contributed by atoms with E-state index < -0.39 is 0 Å². The van der Waals surface area contributed by atoms with Crippen molar-refractivity contribution in [3.05, 3.63) is 90.0 Å². The molecule has 174 valence electrons. The van der Waals surface area contributed by atoms with Gasteiger partial charge in [-0.3, -0.25) is 4.79 Å². The standard InChI is InChI=1S/C27H28N4O3/c1-33-24-12-11-21(15-25(24)34-2)26-22-5-3-4-6-23(22)27(32)31(29-26)17-20-9-7-19(8-10-20)16-30-14-13-28-18-30/h3-4,7-15,18,22-23H,5-6,16-17H2,1-2H3/t22-,23+/m1/s1. The molecular formula is C27H28N4O3. The van der Waals surface area contributed by atoms with Crippen LogP contribution in [0, 0.1) is 11.8 Å². The van der Waals surface area contributed by atoms with Crippen LogP contribution in [0.1, 0.15) is 29.5 Å². The number of benzene rings is 2. The van der Waals surface area contributed by atoms with Crippen LogP contribution >= 0.6 is 0 Å². The van der Waals surface area contributed by atoms with Gasteiger partial charge in [0.15, 0.2) is 11.5 Å². The minimum atomic E-state index is -0.105. The van der Waals surface area contributed by atoms with Crippen LogP contribution in [0.3, 0.4) is 0 Å². The summed E-state index contributed by atoms with van der Waals surface area (Å²) >= 11 is 0. The number of rotatable bonds is 7. The molecule has 34 heavy (non-hydrogen) atoms. The highest BCUT2D eigenvalue weighted by molar-refractivity contribution is 6.07. The Morgan fingerprint density at radius 1 is 0.912 bits per heavy atom. The predicted octanol–water partition coefficient (Wildman–Crippen LogP) is 4.28. The number of amides is 1. The molecule has 5 rings (SSSR count). The largest absolute Gasteiger partial charge is 0.493 e. The molecule has 0 saturated heterocycles. The number of methoxy groups -OCH3 is 2. The van der Waals surface area contributed by atoms with E-state index >= 15 is 0 Å². The quantitative estimate of drug-likeness (QED) is 0.498. The third-order valence-corrected chi connectivity index (χ3v) is 6.54. The van der Waals surface area contributed by atoms with Gasteiger partial charge in [-0.05, 0) is 42.2 Å². The highest BCUT2D eigenvalue weighted by atomic mass is 16.5. The van der Waals surface area contributed by atoms with Gasteiger partial charge in [-0.25, -0.2) is 9.99 Å². The Morgan fingerprint density at radius 3 is 2.29 bits per heavy atom. The van der Waals surface area contributed by atoms with Gasteiger partial charge in [-0.1, -0.05) is 36.4 Å². The second kappa shape index (κ2) is 9.55. The lowest BCUT2D eigenvalue weighted by molar-refractivity contribution is -0.138. The smallest absolute Gasteiger partial charge is 0.247 e. The molecular weight excluding hydrogens is 428 g/mol. The molecule has 1 aromatic heterocycles. The molecule has 0 N–H and O–H groups in total. The van der Waals surface area contributed by atoms with Crippen molar-refractivity contribution in [2.45, 2.75) is 25.9 Å². The highest BCUT2D eigenvalue weighted by Gasteiger charge is 2.40. The Morgan fingerprint density at radius 2 is 1.62 bits per heavy atom. The molecule has 0 radical (unpaired) electrons. The fourth-order valence-electron chi connectivity index (χ4n) is 4.73. The molecule has 7 heteroatoms. The number of ether oxygens (including phenoxy) is 2. The number of imidazole rings is 1. The number of aromatic nitrogens is 2. The van der Waals surface area contributed by atoms with E-state index in [1.54, 1.807) is 31.8 Å². The molecule has 2 atom stereocenters. The van der Waals surface area contributed by atoms with Crippen molar-refractivity contribution in [2.24, 2.45) is 16.9 Å². The van der Waals surface area contributed by atoms with Gasteiger partial charge in [0.1, 0.15) is 0 Å². The summed E-state index contributed by atoms with van der Waals surface area (Å²) in [6.07, 6.45) is 11.3. The van der Waals surface area contributed by atoms with Gasteiger partial charge in [0, 0.05) is 30.4 Å². The normalized spacial score (nSPS) is 19.5. The van der Waals surface area contributed by atoms with Crippen molar-refractivity contribution in [3.8, 4) is 11.5 Å². The summed E-state index contributed by atoms with van der Waals surface area (Å²) in [4.78, 5) is 17.5. The number of carbonyl (C=O) groups excluding carboxylic acids is 1. The summed E-state index contributed by atoms with van der Waals surface area (Å²) in [6.45, 7) is 1.20. The first-order chi connectivity index (χ1) is 16.7. The van der Waals surface area contributed by atoms with E-state index in [0.29, 0.717) is 18.0 Å². The average molecular weight is 457 g/mol. The maximum atomic E-state index is 13.4. The van der Waals surface area contributed by atoms with E-state index in [0.717, 1.165) is 36.2 Å². The summed E-state index contributed by atoms with van der Waals surface area (Å²) < 4.78 is 12.9. The van der Waals surface area contributed by atoms with Gasteiger partial charge in [-0.15, -0.1) is 0 Å². The maximum Gasteiger partial charge on any atom is 0.247 e. The van der Waals surface area contributed by atoms with E-state index in [9.17, 15) is 4.79 Å².